The number of ether oxygens (including phenoxy) is 2. The summed E-state index contributed by atoms with van der Waals surface area (Å²) < 4.78 is 11.4. The highest BCUT2D eigenvalue weighted by atomic mass is 32.2. The lowest BCUT2D eigenvalue weighted by atomic mass is 10.2. The van der Waals surface area contributed by atoms with Gasteiger partial charge in [-0.1, -0.05) is 18.0 Å². The number of azo groups is 1. The standard InChI is InChI=1S/C15H21N5O2S/c1-23-15(19-18-12-22-15)13-6-8-14(9-7-13)21-11-5-3-2-4-10-17-20-16/h6-9H,2-5,10-12H2,1H3. The summed E-state index contributed by atoms with van der Waals surface area (Å²) >= 11 is 1.52. The third-order valence-corrected chi connectivity index (χ3v) is 4.49. The molecule has 1 aromatic carbocycles. The van der Waals surface area contributed by atoms with Crippen LogP contribution in [0.15, 0.2) is 39.6 Å². The van der Waals surface area contributed by atoms with E-state index in [0.29, 0.717) is 19.9 Å². The van der Waals surface area contributed by atoms with Gasteiger partial charge < -0.3 is 9.47 Å². The van der Waals surface area contributed by atoms with Crippen molar-refractivity contribution < 1.29 is 9.47 Å². The highest BCUT2D eigenvalue weighted by Gasteiger charge is 2.35. The zero-order chi connectivity index (χ0) is 16.4. The first-order valence-corrected chi connectivity index (χ1v) is 8.85. The molecule has 7 nitrogen and oxygen atoms in total. The number of unbranched alkanes of at least 4 members (excludes halogenated alkanes) is 3. The van der Waals surface area contributed by atoms with Crippen molar-refractivity contribution in [3.63, 3.8) is 0 Å². The Kier molecular flexibility index (Phi) is 7.19. The van der Waals surface area contributed by atoms with Gasteiger partial charge >= 0.3 is 0 Å². The maximum Gasteiger partial charge on any atom is 0.254 e. The van der Waals surface area contributed by atoms with Gasteiger partial charge in [0.05, 0.1) is 6.61 Å². The Morgan fingerprint density at radius 2 is 2.09 bits per heavy atom. The molecule has 0 aliphatic carbocycles. The lowest BCUT2D eigenvalue weighted by Crippen LogP contribution is -2.18. The number of hydrogen-bond donors (Lipinski definition) is 0. The lowest BCUT2D eigenvalue weighted by molar-refractivity contribution is 0.0711. The summed E-state index contributed by atoms with van der Waals surface area (Å²) in [7, 11) is 0. The summed E-state index contributed by atoms with van der Waals surface area (Å²) in [4.78, 5) is 2.73. The molecule has 1 aliphatic rings. The normalized spacial score (nSPS) is 19.5. The fraction of sp³-hybridized carbons (Fsp3) is 0.600. The monoisotopic (exact) mass is 335 g/mol. The van der Waals surface area contributed by atoms with E-state index in [9.17, 15) is 0 Å². The predicted octanol–water partition coefficient (Wildman–Crippen LogP) is 4.85. The molecule has 0 spiro atoms. The van der Waals surface area contributed by atoms with Crippen LogP contribution < -0.4 is 4.74 Å². The topological polar surface area (TPSA) is 91.9 Å². The fourth-order valence-electron chi connectivity index (χ4n) is 2.26. The number of benzene rings is 1. The Bertz CT molecular complexity index is 559. The van der Waals surface area contributed by atoms with Crippen molar-refractivity contribution in [2.45, 2.75) is 30.7 Å². The van der Waals surface area contributed by atoms with Crippen LogP contribution in [0.2, 0.25) is 0 Å². The maximum absolute atomic E-state index is 8.17. The van der Waals surface area contributed by atoms with Crippen molar-refractivity contribution >= 4 is 11.8 Å². The van der Waals surface area contributed by atoms with Gasteiger partial charge in [-0.2, -0.15) is 5.11 Å². The number of nitrogens with zero attached hydrogens (tertiary/aromatic N) is 5. The molecular formula is C15H21N5O2S. The van der Waals surface area contributed by atoms with Crippen molar-refractivity contribution in [3.05, 3.63) is 40.3 Å². The van der Waals surface area contributed by atoms with E-state index in [2.05, 4.69) is 20.3 Å². The molecule has 0 saturated carbocycles. The van der Waals surface area contributed by atoms with Crippen LogP contribution in [0, 0.1) is 0 Å². The van der Waals surface area contributed by atoms with Gasteiger partial charge in [0.15, 0.2) is 6.73 Å². The van der Waals surface area contributed by atoms with Crippen LogP contribution in [-0.2, 0) is 9.79 Å². The second-order valence-electron chi connectivity index (χ2n) is 5.04. The van der Waals surface area contributed by atoms with E-state index in [0.717, 1.165) is 37.0 Å². The SMILES string of the molecule is CSC1(c2ccc(OCCCCCCN=[N+]=[N-])cc2)N=NCO1. The first-order chi connectivity index (χ1) is 11.3. The van der Waals surface area contributed by atoms with Crippen molar-refractivity contribution in [2.24, 2.45) is 15.3 Å². The highest BCUT2D eigenvalue weighted by molar-refractivity contribution is 7.99. The van der Waals surface area contributed by atoms with E-state index in [1.165, 1.54) is 11.8 Å². The number of thioether (sulfide) groups is 1. The average molecular weight is 335 g/mol. The molecule has 0 amide bonds. The molecule has 0 radical (unpaired) electrons. The molecule has 1 unspecified atom stereocenters. The summed E-state index contributed by atoms with van der Waals surface area (Å²) in [6.07, 6.45) is 6.01. The third kappa shape index (κ3) is 5.13. The number of rotatable bonds is 10. The Hall–Kier alpha value is -1.76. The summed E-state index contributed by atoms with van der Waals surface area (Å²) in [5, 5.41) is 10.9. The summed E-state index contributed by atoms with van der Waals surface area (Å²) in [6.45, 7) is 1.57. The van der Waals surface area contributed by atoms with Gasteiger partial charge in [0.2, 0.25) is 0 Å². The lowest BCUT2D eigenvalue weighted by Gasteiger charge is -2.21. The summed E-state index contributed by atoms with van der Waals surface area (Å²) in [5.41, 5.74) is 9.14. The van der Waals surface area contributed by atoms with Crippen molar-refractivity contribution in [1.82, 2.24) is 0 Å². The largest absolute Gasteiger partial charge is 0.494 e. The second kappa shape index (κ2) is 9.39. The first kappa shape index (κ1) is 17.6. The minimum Gasteiger partial charge on any atom is -0.494 e. The molecule has 124 valence electrons. The van der Waals surface area contributed by atoms with Gasteiger partial charge in [-0.15, -0.1) is 16.9 Å². The van der Waals surface area contributed by atoms with E-state index in [1.54, 1.807) is 0 Å². The first-order valence-electron chi connectivity index (χ1n) is 7.63. The van der Waals surface area contributed by atoms with E-state index in [-0.39, 0.29) is 0 Å². The third-order valence-electron chi connectivity index (χ3n) is 3.50. The number of hydrogen-bond acceptors (Lipinski definition) is 6. The van der Waals surface area contributed by atoms with Crippen LogP contribution in [0.3, 0.4) is 0 Å². The molecule has 0 aromatic heterocycles. The highest BCUT2D eigenvalue weighted by Crippen LogP contribution is 2.41. The Labute approximate surface area is 140 Å². The molecule has 23 heavy (non-hydrogen) atoms. The smallest absolute Gasteiger partial charge is 0.254 e. The van der Waals surface area contributed by atoms with Gasteiger partial charge in [-0.05, 0) is 48.9 Å². The van der Waals surface area contributed by atoms with Crippen molar-refractivity contribution in [2.75, 3.05) is 26.1 Å². The molecule has 1 atom stereocenters. The van der Waals surface area contributed by atoms with Crippen LogP contribution in [0.25, 0.3) is 10.4 Å². The molecule has 1 aromatic rings. The van der Waals surface area contributed by atoms with E-state index in [1.807, 2.05) is 30.5 Å². The Morgan fingerprint density at radius 3 is 2.74 bits per heavy atom. The second-order valence-corrected chi connectivity index (χ2v) is 6.00. The number of azide groups is 1. The van der Waals surface area contributed by atoms with Crippen LogP contribution in [0.5, 0.6) is 5.75 Å². The molecule has 8 heteroatoms. The molecule has 0 saturated heterocycles. The summed E-state index contributed by atoms with van der Waals surface area (Å²) in [5.74, 6) is 0.842. The summed E-state index contributed by atoms with van der Waals surface area (Å²) in [6, 6.07) is 7.81. The zero-order valence-corrected chi connectivity index (χ0v) is 14.0. The quantitative estimate of drug-likeness (QED) is 0.265. The van der Waals surface area contributed by atoms with Gasteiger partial charge in [-0.25, -0.2) is 0 Å². The molecular weight excluding hydrogens is 314 g/mol. The van der Waals surface area contributed by atoms with Crippen LogP contribution in [-0.4, -0.2) is 26.1 Å². The van der Waals surface area contributed by atoms with Gasteiger partial charge in [-0.3, -0.25) is 0 Å². The molecule has 0 fully saturated rings. The minimum absolute atomic E-state index is 0.304. The Morgan fingerprint density at radius 1 is 1.30 bits per heavy atom. The van der Waals surface area contributed by atoms with E-state index in [4.69, 9.17) is 15.0 Å². The van der Waals surface area contributed by atoms with Gasteiger partial charge in [0.1, 0.15) is 5.75 Å². The minimum atomic E-state index is -0.704. The fourth-order valence-corrected chi connectivity index (χ4v) is 2.94. The van der Waals surface area contributed by atoms with Crippen LogP contribution in [0.4, 0.5) is 0 Å². The molecule has 1 aliphatic heterocycles. The van der Waals surface area contributed by atoms with E-state index < -0.39 is 5.06 Å². The van der Waals surface area contributed by atoms with E-state index >= 15 is 0 Å². The van der Waals surface area contributed by atoms with Crippen molar-refractivity contribution in [3.8, 4) is 5.75 Å². The molecule has 1 heterocycles. The Balaban J connectivity index is 1.71. The van der Waals surface area contributed by atoms with Gasteiger partial charge in [0, 0.05) is 17.0 Å². The van der Waals surface area contributed by atoms with Crippen molar-refractivity contribution in [1.29, 1.82) is 0 Å². The zero-order valence-electron chi connectivity index (χ0n) is 13.2. The molecule has 0 N–H and O–H groups in total. The molecule has 0 bridgehead atoms. The van der Waals surface area contributed by atoms with Gasteiger partial charge in [0.25, 0.3) is 5.06 Å². The van der Waals surface area contributed by atoms with Crippen LogP contribution in [0.1, 0.15) is 31.2 Å². The van der Waals surface area contributed by atoms with Crippen LogP contribution >= 0.6 is 11.8 Å². The maximum atomic E-state index is 8.17. The predicted molar refractivity (Wildman–Crippen MR) is 90.4 cm³/mol. The average Bonchev–Trinajstić information content (AvgIpc) is 3.08. The molecule has 2 rings (SSSR count).